The summed E-state index contributed by atoms with van der Waals surface area (Å²) in [4.78, 5) is 14.7. The number of amides is 1. The van der Waals surface area contributed by atoms with Crippen molar-refractivity contribution in [2.24, 2.45) is 0 Å². The topological polar surface area (TPSA) is 79.0 Å². The lowest BCUT2D eigenvalue weighted by Gasteiger charge is -2.29. The number of anilines is 2. The number of carbonyl (C=O) groups is 1. The SMILES string of the molecule is CC(C)NC(=O)c1cccc(N(Cc2ccc(Cl)cc2)S(=O)(=O)c2ccc3c(c2)N(C)CCO3)c1. The number of nitrogens with zero attached hydrogens (tertiary/aromatic N) is 2. The summed E-state index contributed by atoms with van der Waals surface area (Å²) in [5.41, 5.74) is 2.24. The number of carbonyl (C=O) groups excluding carboxylic acids is 1. The number of rotatable bonds is 7. The molecule has 0 saturated heterocycles. The van der Waals surface area contributed by atoms with E-state index in [0.29, 0.717) is 40.9 Å². The van der Waals surface area contributed by atoms with Crippen LogP contribution < -0.4 is 19.3 Å². The first-order valence-corrected chi connectivity index (χ1v) is 13.1. The Morgan fingerprint density at radius 2 is 1.86 bits per heavy atom. The number of likely N-dealkylation sites (N-methyl/N-ethyl adjacent to an activating group) is 1. The molecule has 184 valence electrons. The Hall–Kier alpha value is -3.23. The molecule has 1 N–H and O–H groups in total. The second kappa shape index (κ2) is 10.2. The third-order valence-corrected chi connectivity index (χ3v) is 7.69. The minimum atomic E-state index is -4.00. The molecule has 1 aliphatic heterocycles. The summed E-state index contributed by atoms with van der Waals surface area (Å²) in [5, 5.41) is 3.41. The molecule has 0 radical (unpaired) electrons. The Labute approximate surface area is 211 Å². The van der Waals surface area contributed by atoms with Crippen molar-refractivity contribution in [3.63, 3.8) is 0 Å². The summed E-state index contributed by atoms with van der Waals surface area (Å²) < 4.78 is 35.0. The Morgan fingerprint density at radius 1 is 1.11 bits per heavy atom. The molecule has 7 nitrogen and oxygen atoms in total. The molecule has 0 aromatic heterocycles. The van der Waals surface area contributed by atoms with Gasteiger partial charge in [0.05, 0.1) is 29.4 Å². The Kier molecular flexibility index (Phi) is 7.23. The molecule has 9 heteroatoms. The zero-order valence-electron chi connectivity index (χ0n) is 19.9. The van der Waals surface area contributed by atoms with Crippen LogP contribution in [-0.2, 0) is 16.6 Å². The fraction of sp³-hybridized carbons (Fsp3) is 0.269. The van der Waals surface area contributed by atoms with Gasteiger partial charge in [-0.3, -0.25) is 9.10 Å². The number of nitrogens with one attached hydrogen (secondary N) is 1. The normalized spacial score (nSPS) is 13.2. The monoisotopic (exact) mass is 513 g/mol. The van der Waals surface area contributed by atoms with Gasteiger partial charge >= 0.3 is 0 Å². The number of benzene rings is 3. The van der Waals surface area contributed by atoms with Crippen molar-refractivity contribution in [2.45, 2.75) is 31.3 Å². The van der Waals surface area contributed by atoms with E-state index < -0.39 is 10.0 Å². The van der Waals surface area contributed by atoms with Crippen molar-refractivity contribution in [2.75, 3.05) is 29.4 Å². The van der Waals surface area contributed by atoms with Crippen LogP contribution in [0.25, 0.3) is 0 Å². The average Bonchev–Trinajstić information content (AvgIpc) is 2.83. The molecule has 0 unspecified atom stereocenters. The molecule has 4 rings (SSSR count). The zero-order valence-corrected chi connectivity index (χ0v) is 21.4. The molecule has 0 bridgehead atoms. The van der Waals surface area contributed by atoms with Crippen molar-refractivity contribution in [1.29, 1.82) is 0 Å². The standard InChI is InChI=1S/C26H28ClN3O4S/c1-18(2)28-26(31)20-5-4-6-22(15-20)30(17-19-7-9-21(27)10-8-19)35(32,33)23-11-12-25-24(16-23)29(3)13-14-34-25/h4-12,15-16,18H,13-14,17H2,1-3H3,(H,28,31). The molecule has 3 aromatic carbocycles. The van der Waals surface area contributed by atoms with E-state index in [1.54, 1.807) is 66.7 Å². The van der Waals surface area contributed by atoms with E-state index in [0.717, 1.165) is 5.56 Å². The highest BCUT2D eigenvalue weighted by molar-refractivity contribution is 7.92. The van der Waals surface area contributed by atoms with Gasteiger partial charge in [-0.2, -0.15) is 0 Å². The molecule has 1 aliphatic rings. The van der Waals surface area contributed by atoms with Crippen LogP contribution in [0.15, 0.2) is 71.6 Å². The van der Waals surface area contributed by atoms with Crippen molar-refractivity contribution < 1.29 is 17.9 Å². The van der Waals surface area contributed by atoms with Crippen LogP contribution in [0, 0.1) is 0 Å². The van der Waals surface area contributed by atoms with Crippen LogP contribution in [0.2, 0.25) is 5.02 Å². The summed E-state index contributed by atoms with van der Waals surface area (Å²) >= 11 is 6.04. The molecule has 0 atom stereocenters. The lowest BCUT2D eigenvalue weighted by molar-refractivity contribution is 0.0943. The first-order valence-electron chi connectivity index (χ1n) is 11.3. The fourth-order valence-corrected chi connectivity index (χ4v) is 5.43. The Bertz CT molecular complexity index is 1330. The van der Waals surface area contributed by atoms with E-state index in [4.69, 9.17) is 16.3 Å². The molecule has 3 aromatic rings. The van der Waals surface area contributed by atoms with Gasteiger partial charge in [0.1, 0.15) is 12.4 Å². The van der Waals surface area contributed by atoms with Gasteiger partial charge in [-0.05, 0) is 67.9 Å². The fourth-order valence-electron chi connectivity index (χ4n) is 3.84. The van der Waals surface area contributed by atoms with Crippen LogP contribution in [0.1, 0.15) is 29.8 Å². The van der Waals surface area contributed by atoms with Gasteiger partial charge in [0, 0.05) is 23.7 Å². The third-order valence-electron chi connectivity index (χ3n) is 5.67. The number of halogens is 1. The number of ether oxygens (including phenoxy) is 1. The second-order valence-electron chi connectivity index (χ2n) is 8.72. The molecule has 35 heavy (non-hydrogen) atoms. The molecule has 0 saturated carbocycles. The predicted octanol–water partition coefficient (Wildman–Crippen LogP) is 4.70. The highest BCUT2D eigenvalue weighted by Crippen LogP contribution is 2.35. The summed E-state index contributed by atoms with van der Waals surface area (Å²) in [6.45, 7) is 5.02. The summed E-state index contributed by atoms with van der Waals surface area (Å²) in [5.74, 6) is 0.382. The number of hydrogen-bond donors (Lipinski definition) is 1. The van der Waals surface area contributed by atoms with E-state index in [2.05, 4.69) is 5.32 Å². The zero-order chi connectivity index (χ0) is 25.2. The summed E-state index contributed by atoms with van der Waals surface area (Å²) in [6.07, 6.45) is 0. The first kappa shape index (κ1) is 24.9. The van der Waals surface area contributed by atoms with Crippen molar-refractivity contribution >= 4 is 38.9 Å². The highest BCUT2D eigenvalue weighted by Gasteiger charge is 2.28. The van der Waals surface area contributed by atoms with Crippen molar-refractivity contribution in [3.8, 4) is 5.75 Å². The quantitative estimate of drug-likeness (QED) is 0.495. The van der Waals surface area contributed by atoms with Gasteiger partial charge in [0.25, 0.3) is 15.9 Å². The summed E-state index contributed by atoms with van der Waals surface area (Å²) in [7, 11) is -2.10. The van der Waals surface area contributed by atoms with E-state index in [9.17, 15) is 13.2 Å². The van der Waals surface area contributed by atoms with Crippen LogP contribution in [0.5, 0.6) is 5.75 Å². The van der Waals surface area contributed by atoms with Gasteiger partial charge in [-0.25, -0.2) is 8.42 Å². The maximum absolute atomic E-state index is 14.0. The van der Waals surface area contributed by atoms with Gasteiger partial charge in [-0.1, -0.05) is 29.8 Å². The minimum absolute atomic E-state index is 0.0465. The Morgan fingerprint density at radius 3 is 2.57 bits per heavy atom. The second-order valence-corrected chi connectivity index (χ2v) is 11.0. The number of hydrogen-bond acceptors (Lipinski definition) is 5. The van der Waals surface area contributed by atoms with E-state index >= 15 is 0 Å². The predicted molar refractivity (Wildman–Crippen MR) is 139 cm³/mol. The van der Waals surface area contributed by atoms with Crippen LogP contribution in [0.3, 0.4) is 0 Å². The average molecular weight is 514 g/mol. The molecular weight excluding hydrogens is 486 g/mol. The van der Waals surface area contributed by atoms with Crippen molar-refractivity contribution in [1.82, 2.24) is 5.32 Å². The molecule has 0 spiro atoms. The molecule has 1 heterocycles. The first-order chi connectivity index (χ1) is 16.6. The van der Waals surface area contributed by atoms with E-state index in [1.807, 2.05) is 25.8 Å². The van der Waals surface area contributed by atoms with E-state index in [-0.39, 0.29) is 23.4 Å². The molecule has 0 aliphatic carbocycles. The largest absolute Gasteiger partial charge is 0.490 e. The van der Waals surface area contributed by atoms with Gasteiger partial charge < -0.3 is 15.0 Å². The maximum atomic E-state index is 14.0. The third kappa shape index (κ3) is 5.55. The maximum Gasteiger partial charge on any atom is 0.264 e. The molecule has 0 fully saturated rings. The van der Waals surface area contributed by atoms with Gasteiger partial charge in [0.2, 0.25) is 0 Å². The van der Waals surface area contributed by atoms with Gasteiger partial charge in [0.15, 0.2) is 0 Å². The summed E-state index contributed by atoms with van der Waals surface area (Å²) in [6, 6.07) is 18.5. The Balaban J connectivity index is 1.78. The minimum Gasteiger partial charge on any atom is -0.490 e. The lowest BCUT2D eigenvalue weighted by Crippen LogP contribution is -2.33. The smallest absolute Gasteiger partial charge is 0.264 e. The van der Waals surface area contributed by atoms with Crippen molar-refractivity contribution in [3.05, 3.63) is 82.9 Å². The van der Waals surface area contributed by atoms with Crippen LogP contribution in [-0.4, -0.2) is 40.6 Å². The number of fused-ring (bicyclic) bond motifs is 1. The number of sulfonamides is 1. The van der Waals surface area contributed by atoms with Gasteiger partial charge in [-0.15, -0.1) is 0 Å². The van der Waals surface area contributed by atoms with Crippen LogP contribution >= 0.6 is 11.6 Å². The highest BCUT2D eigenvalue weighted by atomic mass is 35.5. The van der Waals surface area contributed by atoms with Crippen LogP contribution in [0.4, 0.5) is 11.4 Å². The van der Waals surface area contributed by atoms with E-state index in [1.165, 1.54) is 4.31 Å². The molecular formula is C26H28ClN3O4S. The lowest BCUT2D eigenvalue weighted by atomic mass is 10.1. The molecule has 1 amide bonds.